The number of H-pyrrole nitrogens is 1. The molecule has 1 aliphatic heterocycles. The highest BCUT2D eigenvalue weighted by Crippen LogP contribution is 2.29. The molecule has 0 radical (unpaired) electrons. The van der Waals surface area contributed by atoms with Gasteiger partial charge in [0.2, 0.25) is 5.91 Å². The van der Waals surface area contributed by atoms with E-state index in [4.69, 9.17) is 4.74 Å². The molecule has 0 aliphatic carbocycles. The van der Waals surface area contributed by atoms with Crippen LogP contribution in [-0.4, -0.2) is 47.3 Å². The number of methoxy groups -OCH3 is 1. The number of aromatic nitrogens is 3. The van der Waals surface area contributed by atoms with Crippen molar-refractivity contribution in [2.24, 2.45) is 5.41 Å². The lowest BCUT2D eigenvalue weighted by Gasteiger charge is -2.35. The molecule has 25 heavy (non-hydrogen) atoms. The van der Waals surface area contributed by atoms with E-state index in [2.05, 4.69) is 20.7 Å². The minimum atomic E-state index is -0.485. The SMILES string of the molecule is COCC1(C(=O)NCc2c(C)nc3cc(=O)[nH]n3c2C)CCNCC1. The molecule has 136 valence electrons. The maximum Gasteiger partial charge on any atom is 0.266 e. The summed E-state index contributed by atoms with van der Waals surface area (Å²) in [6.45, 7) is 6.22. The predicted octanol–water partition coefficient (Wildman–Crippen LogP) is 0.272. The van der Waals surface area contributed by atoms with Crippen LogP contribution in [0.25, 0.3) is 5.65 Å². The number of hydrogen-bond donors (Lipinski definition) is 3. The second-order valence-corrected chi connectivity index (χ2v) is 6.72. The van der Waals surface area contributed by atoms with Crippen molar-refractivity contribution in [3.05, 3.63) is 33.4 Å². The lowest BCUT2D eigenvalue weighted by molar-refractivity contribution is -0.136. The quantitative estimate of drug-likeness (QED) is 0.721. The monoisotopic (exact) mass is 347 g/mol. The molecule has 8 heteroatoms. The summed E-state index contributed by atoms with van der Waals surface area (Å²) in [6.07, 6.45) is 1.51. The number of nitrogens with zero attached hydrogens (tertiary/aromatic N) is 2. The fourth-order valence-electron chi connectivity index (χ4n) is 3.59. The molecule has 1 amide bonds. The zero-order valence-corrected chi connectivity index (χ0v) is 14.9. The number of fused-ring (bicyclic) bond motifs is 1. The van der Waals surface area contributed by atoms with Gasteiger partial charge in [0.25, 0.3) is 5.56 Å². The Morgan fingerprint density at radius 2 is 2.12 bits per heavy atom. The number of amides is 1. The van der Waals surface area contributed by atoms with Gasteiger partial charge < -0.3 is 15.4 Å². The molecule has 0 spiro atoms. The average Bonchev–Trinajstić information content (AvgIpc) is 2.96. The van der Waals surface area contributed by atoms with Crippen molar-refractivity contribution >= 4 is 11.6 Å². The average molecular weight is 347 g/mol. The molecule has 2 aromatic heterocycles. The van der Waals surface area contributed by atoms with E-state index >= 15 is 0 Å². The van der Waals surface area contributed by atoms with E-state index in [9.17, 15) is 9.59 Å². The Bertz CT molecular complexity index is 827. The Kier molecular flexibility index (Phi) is 4.91. The first-order valence-electron chi connectivity index (χ1n) is 8.53. The minimum Gasteiger partial charge on any atom is -0.384 e. The molecule has 1 saturated heterocycles. The third kappa shape index (κ3) is 3.32. The standard InChI is InChI=1S/C17H25N5O3/c1-11-13(12(2)22-14(20-11)8-15(23)21-22)9-19-16(24)17(10-25-3)4-6-18-7-5-17/h8,18H,4-7,9-10H2,1-3H3,(H,19,24)(H,21,23). The van der Waals surface area contributed by atoms with Crippen molar-refractivity contribution in [1.82, 2.24) is 25.2 Å². The number of ether oxygens (including phenoxy) is 1. The third-order valence-corrected chi connectivity index (χ3v) is 5.09. The molecule has 3 rings (SSSR count). The number of nitrogens with one attached hydrogen (secondary N) is 3. The van der Waals surface area contributed by atoms with Gasteiger partial charge in [0.05, 0.1) is 12.0 Å². The smallest absolute Gasteiger partial charge is 0.266 e. The molecule has 0 atom stereocenters. The fraction of sp³-hybridized carbons (Fsp3) is 0.588. The Morgan fingerprint density at radius 3 is 2.80 bits per heavy atom. The summed E-state index contributed by atoms with van der Waals surface area (Å²) < 4.78 is 6.98. The predicted molar refractivity (Wildman–Crippen MR) is 93.5 cm³/mol. The van der Waals surface area contributed by atoms with Crippen molar-refractivity contribution in [1.29, 1.82) is 0 Å². The van der Waals surface area contributed by atoms with Gasteiger partial charge in [0, 0.05) is 36.7 Å². The second kappa shape index (κ2) is 6.97. The van der Waals surface area contributed by atoms with Crippen LogP contribution in [0.1, 0.15) is 29.8 Å². The van der Waals surface area contributed by atoms with Crippen molar-refractivity contribution in [3.8, 4) is 0 Å². The van der Waals surface area contributed by atoms with Gasteiger partial charge in [-0.15, -0.1) is 0 Å². The summed E-state index contributed by atoms with van der Waals surface area (Å²) in [6, 6.07) is 1.46. The molecule has 3 heterocycles. The van der Waals surface area contributed by atoms with Crippen LogP contribution in [0.5, 0.6) is 0 Å². The largest absolute Gasteiger partial charge is 0.384 e. The molecule has 1 fully saturated rings. The summed E-state index contributed by atoms with van der Waals surface area (Å²) in [7, 11) is 1.63. The Labute approximate surface area is 146 Å². The molecule has 1 aliphatic rings. The first-order valence-corrected chi connectivity index (χ1v) is 8.53. The number of aromatic amines is 1. The van der Waals surface area contributed by atoms with Crippen LogP contribution in [0.15, 0.2) is 10.9 Å². The summed E-state index contributed by atoms with van der Waals surface area (Å²) in [5, 5.41) is 9.07. The van der Waals surface area contributed by atoms with Gasteiger partial charge in [-0.1, -0.05) is 0 Å². The topological polar surface area (TPSA) is 101 Å². The van der Waals surface area contributed by atoms with Crippen LogP contribution in [0, 0.1) is 19.3 Å². The normalized spacial score (nSPS) is 16.9. The van der Waals surface area contributed by atoms with Gasteiger partial charge in [0.1, 0.15) is 0 Å². The lowest BCUT2D eigenvalue weighted by atomic mass is 9.78. The molecule has 3 N–H and O–H groups in total. The highest BCUT2D eigenvalue weighted by atomic mass is 16.5. The van der Waals surface area contributed by atoms with E-state index in [-0.39, 0.29) is 11.5 Å². The van der Waals surface area contributed by atoms with Crippen LogP contribution < -0.4 is 16.2 Å². The van der Waals surface area contributed by atoms with Crippen LogP contribution >= 0.6 is 0 Å². The molecule has 0 unspecified atom stereocenters. The molecule has 2 aromatic rings. The van der Waals surface area contributed by atoms with Gasteiger partial charge in [-0.05, 0) is 39.8 Å². The van der Waals surface area contributed by atoms with E-state index in [0.29, 0.717) is 18.8 Å². The fourth-order valence-corrected chi connectivity index (χ4v) is 3.59. The van der Waals surface area contributed by atoms with Crippen LogP contribution in [0.2, 0.25) is 0 Å². The number of aryl methyl sites for hydroxylation is 2. The number of carbonyl (C=O) groups is 1. The molecular formula is C17H25N5O3. The maximum atomic E-state index is 12.9. The zero-order valence-electron chi connectivity index (χ0n) is 14.9. The highest BCUT2D eigenvalue weighted by molar-refractivity contribution is 5.83. The van der Waals surface area contributed by atoms with Gasteiger partial charge in [0.15, 0.2) is 5.65 Å². The molecular weight excluding hydrogens is 322 g/mol. The number of carbonyl (C=O) groups excluding carboxylic acids is 1. The highest BCUT2D eigenvalue weighted by Gasteiger charge is 2.39. The van der Waals surface area contributed by atoms with Crippen LogP contribution in [-0.2, 0) is 16.1 Å². The van der Waals surface area contributed by atoms with Crippen molar-refractivity contribution in [3.63, 3.8) is 0 Å². The number of piperidine rings is 1. The van der Waals surface area contributed by atoms with Gasteiger partial charge in [-0.2, -0.15) is 0 Å². The van der Waals surface area contributed by atoms with Crippen LogP contribution in [0.3, 0.4) is 0 Å². The molecule has 0 saturated carbocycles. The molecule has 8 nitrogen and oxygen atoms in total. The first kappa shape index (κ1) is 17.6. The lowest BCUT2D eigenvalue weighted by Crippen LogP contribution is -2.50. The summed E-state index contributed by atoms with van der Waals surface area (Å²) in [5.41, 5.74) is 2.50. The van der Waals surface area contributed by atoms with E-state index < -0.39 is 5.41 Å². The van der Waals surface area contributed by atoms with Crippen molar-refractivity contribution in [2.45, 2.75) is 33.2 Å². The van der Waals surface area contributed by atoms with E-state index in [0.717, 1.165) is 42.9 Å². The van der Waals surface area contributed by atoms with Gasteiger partial charge in [-0.25, -0.2) is 9.50 Å². The summed E-state index contributed by atoms with van der Waals surface area (Å²) in [4.78, 5) is 28.9. The molecule has 0 aromatic carbocycles. The molecule has 0 bridgehead atoms. The minimum absolute atomic E-state index is 0.00995. The number of rotatable bonds is 5. The van der Waals surface area contributed by atoms with Crippen LogP contribution in [0.4, 0.5) is 0 Å². The number of hydrogen-bond acceptors (Lipinski definition) is 5. The second-order valence-electron chi connectivity index (χ2n) is 6.72. The van der Waals surface area contributed by atoms with Gasteiger partial charge in [-0.3, -0.25) is 14.7 Å². The Morgan fingerprint density at radius 1 is 1.40 bits per heavy atom. The van der Waals surface area contributed by atoms with Crippen molar-refractivity contribution < 1.29 is 9.53 Å². The Hall–Kier alpha value is -2.19. The Balaban J connectivity index is 1.81. The first-order chi connectivity index (χ1) is 12.0. The third-order valence-electron chi connectivity index (χ3n) is 5.09. The van der Waals surface area contributed by atoms with E-state index in [1.54, 1.807) is 11.6 Å². The van der Waals surface area contributed by atoms with E-state index in [1.165, 1.54) is 6.07 Å². The summed E-state index contributed by atoms with van der Waals surface area (Å²) >= 11 is 0. The van der Waals surface area contributed by atoms with E-state index in [1.807, 2.05) is 13.8 Å². The zero-order chi connectivity index (χ0) is 18.0. The van der Waals surface area contributed by atoms with Gasteiger partial charge >= 0.3 is 0 Å². The maximum absolute atomic E-state index is 12.9. The summed E-state index contributed by atoms with van der Waals surface area (Å²) in [5.74, 6) is 0.00995. The van der Waals surface area contributed by atoms with Crippen molar-refractivity contribution in [2.75, 3.05) is 26.8 Å².